The van der Waals surface area contributed by atoms with Crippen molar-refractivity contribution < 1.29 is 13.9 Å². The van der Waals surface area contributed by atoms with Gasteiger partial charge in [0, 0.05) is 37.6 Å². The number of amides is 1. The molecule has 2 aromatic rings. The van der Waals surface area contributed by atoms with Gasteiger partial charge in [-0.15, -0.1) is 0 Å². The summed E-state index contributed by atoms with van der Waals surface area (Å²) in [7, 11) is 1.61. The molecule has 0 saturated carbocycles. The molecule has 1 amide bonds. The molecular formula is C18H20N2O3. The Balaban J connectivity index is 2.27. The number of nitriles is 1. The van der Waals surface area contributed by atoms with E-state index in [0.29, 0.717) is 26.0 Å². The van der Waals surface area contributed by atoms with Crippen LogP contribution in [0.1, 0.15) is 24.7 Å². The molecule has 1 N–H and O–H groups in total. The maximum Gasteiger partial charge on any atom is 0.261 e. The summed E-state index contributed by atoms with van der Waals surface area (Å²) in [6.45, 7) is 3.02. The van der Waals surface area contributed by atoms with Gasteiger partial charge in [-0.3, -0.25) is 4.79 Å². The van der Waals surface area contributed by atoms with Crippen LogP contribution in [0, 0.1) is 11.3 Å². The normalized spacial score (nSPS) is 11.4. The highest BCUT2D eigenvalue weighted by Gasteiger charge is 2.14. The zero-order chi connectivity index (χ0) is 16.7. The Labute approximate surface area is 135 Å². The van der Waals surface area contributed by atoms with Crippen LogP contribution in [-0.2, 0) is 16.0 Å². The highest BCUT2D eigenvalue weighted by atomic mass is 16.5. The molecule has 5 nitrogen and oxygen atoms in total. The van der Waals surface area contributed by atoms with Gasteiger partial charge >= 0.3 is 0 Å². The largest absolute Gasteiger partial charge is 0.460 e. The fourth-order valence-electron chi connectivity index (χ4n) is 2.34. The van der Waals surface area contributed by atoms with Crippen molar-refractivity contribution in [1.82, 2.24) is 5.32 Å². The van der Waals surface area contributed by atoms with E-state index in [9.17, 15) is 10.1 Å². The molecule has 0 spiro atoms. The van der Waals surface area contributed by atoms with E-state index in [2.05, 4.69) is 5.32 Å². The highest BCUT2D eigenvalue weighted by molar-refractivity contribution is 6.04. The smallest absolute Gasteiger partial charge is 0.261 e. The van der Waals surface area contributed by atoms with Crippen LogP contribution in [0.5, 0.6) is 0 Å². The van der Waals surface area contributed by atoms with Crippen molar-refractivity contribution in [2.75, 3.05) is 20.3 Å². The Bertz CT molecular complexity index is 753. The minimum absolute atomic E-state index is 0.0728. The second kappa shape index (κ2) is 8.16. The van der Waals surface area contributed by atoms with Crippen LogP contribution in [0.2, 0.25) is 0 Å². The van der Waals surface area contributed by atoms with Crippen LogP contribution in [0.3, 0.4) is 0 Å². The van der Waals surface area contributed by atoms with E-state index in [1.165, 1.54) is 0 Å². The van der Waals surface area contributed by atoms with Gasteiger partial charge in [-0.25, -0.2) is 0 Å². The van der Waals surface area contributed by atoms with Crippen molar-refractivity contribution in [3.05, 3.63) is 41.2 Å². The van der Waals surface area contributed by atoms with Crippen molar-refractivity contribution in [2.24, 2.45) is 0 Å². The Morgan fingerprint density at radius 1 is 1.43 bits per heavy atom. The van der Waals surface area contributed by atoms with Gasteiger partial charge in [0.05, 0.1) is 0 Å². The molecule has 0 radical (unpaired) electrons. The van der Waals surface area contributed by atoms with Gasteiger partial charge in [0.1, 0.15) is 23.0 Å². The number of nitrogens with zero attached hydrogens (tertiary/aromatic N) is 1. The van der Waals surface area contributed by atoms with Crippen LogP contribution in [0.25, 0.3) is 17.0 Å². The van der Waals surface area contributed by atoms with E-state index < -0.39 is 0 Å². The Morgan fingerprint density at radius 3 is 2.91 bits per heavy atom. The van der Waals surface area contributed by atoms with E-state index in [0.717, 1.165) is 22.3 Å². The molecule has 1 aromatic carbocycles. The van der Waals surface area contributed by atoms with Gasteiger partial charge in [-0.2, -0.15) is 5.26 Å². The van der Waals surface area contributed by atoms with E-state index >= 15 is 0 Å². The third-order valence-corrected chi connectivity index (χ3v) is 3.50. The van der Waals surface area contributed by atoms with Gasteiger partial charge in [0.25, 0.3) is 5.91 Å². The molecule has 1 aromatic heterocycles. The molecular weight excluding hydrogens is 292 g/mol. The molecule has 0 atom stereocenters. The Kier molecular flexibility index (Phi) is 5.95. The number of hydrogen-bond acceptors (Lipinski definition) is 4. The molecule has 0 bridgehead atoms. The summed E-state index contributed by atoms with van der Waals surface area (Å²) in [6, 6.07) is 9.58. The summed E-state index contributed by atoms with van der Waals surface area (Å²) in [6.07, 6.45) is 3.00. The predicted octanol–water partition coefficient (Wildman–Crippen LogP) is 3.05. The number of methoxy groups -OCH3 is 1. The van der Waals surface area contributed by atoms with Crippen LogP contribution >= 0.6 is 0 Å². The van der Waals surface area contributed by atoms with Crippen LogP contribution in [-0.4, -0.2) is 26.2 Å². The number of para-hydroxylation sites is 1. The Hall–Kier alpha value is -2.58. The lowest BCUT2D eigenvalue weighted by Crippen LogP contribution is -2.26. The van der Waals surface area contributed by atoms with Crippen molar-refractivity contribution in [3.8, 4) is 6.07 Å². The first-order valence-corrected chi connectivity index (χ1v) is 7.60. The molecule has 0 aliphatic heterocycles. The first kappa shape index (κ1) is 16.8. The monoisotopic (exact) mass is 312 g/mol. The molecule has 1 heterocycles. The van der Waals surface area contributed by atoms with Crippen molar-refractivity contribution in [1.29, 1.82) is 5.26 Å². The lowest BCUT2D eigenvalue weighted by atomic mass is 10.1. The summed E-state index contributed by atoms with van der Waals surface area (Å²) >= 11 is 0. The van der Waals surface area contributed by atoms with Crippen LogP contribution in [0.15, 0.2) is 34.3 Å². The fourth-order valence-corrected chi connectivity index (χ4v) is 2.34. The molecule has 0 saturated heterocycles. The van der Waals surface area contributed by atoms with Crippen molar-refractivity contribution in [3.63, 3.8) is 0 Å². The topological polar surface area (TPSA) is 75.3 Å². The van der Waals surface area contributed by atoms with E-state index in [1.807, 2.05) is 37.3 Å². The molecule has 2 rings (SSSR count). The molecule has 0 aliphatic carbocycles. The molecule has 5 heteroatoms. The fraction of sp³-hybridized carbons (Fsp3) is 0.333. The molecule has 0 unspecified atom stereocenters. The van der Waals surface area contributed by atoms with E-state index in [1.54, 1.807) is 13.2 Å². The second-order valence-electron chi connectivity index (χ2n) is 5.06. The summed E-state index contributed by atoms with van der Waals surface area (Å²) < 4.78 is 10.7. The predicted molar refractivity (Wildman–Crippen MR) is 88.7 cm³/mol. The lowest BCUT2D eigenvalue weighted by molar-refractivity contribution is -0.117. The molecule has 23 heavy (non-hydrogen) atoms. The maximum atomic E-state index is 12.1. The third-order valence-electron chi connectivity index (χ3n) is 3.50. The van der Waals surface area contributed by atoms with E-state index in [4.69, 9.17) is 9.15 Å². The van der Waals surface area contributed by atoms with Gasteiger partial charge in [-0.05, 0) is 18.6 Å². The number of nitrogens with one attached hydrogen (secondary N) is 1. The quantitative estimate of drug-likeness (QED) is 0.484. The first-order chi connectivity index (χ1) is 11.2. The van der Waals surface area contributed by atoms with Gasteiger partial charge in [0.2, 0.25) is 0 Å². The molecule has 0 aliphatic rings. The van der Waals surface area contributed by atoms with Gasteiger partial charge in [0.15, 0.2) is 0 Å². The van der Waals surface area contributed by atoms with Crippen molar-refractivity contribution in [2.45, 2.75) is 19.8 Å². The third kappa shape index (κ3) is 3.99. The van der Waals surface area contributed by atoms with Crippen LogP contribution < -0.4 is 5.32 Å². The number of carbonyl (C=O) groups is 1. The molecule has 120 valence electrons. The summed E-state index contributed by atoms with van der Waals surface area (Å²) in [5.41, 5.74) is 1.63. The zero-order valence-electron chi connectivity index (χ0n) is 13.4. The maximum absolute atomic E-state index is 12.1. The standard InChI is InChI=1S/C18H20N2O3/c1-3-16-15(14-7-4-5-8-17(14)23-16)11-13(12-19)18(21)20-9-6-10-22-2/h4-5,7-8,11H,3,6,9-10H2,1-2H3,(H,20,21)/b13-11+. The minimum Gasteiger partial charge on any atom is -0.460 e. The second-order valence-corrected chi connectivity index (χ2v) is 5.06. The summed E-state index contributed by atoms with van der Waals surface area (Å²) in [5, 5.41) is 12.9. The first-order valence-electron chi connectivity index (χ1n) is 7.60. The average Bonchev–Trinajstić information content (AvgIpc) is 2.94. The van der Waals surface area contributed by atoms with Crippen LogP contribution in [0.4, 0.5) is 0 Å². The minimum atomic E-state index is -0.379. The van der Waals surface area contributed by atoms with E-state index in [-0.39, 0.29) is 11.5 Å². The Morgan fingerprint density at radius 2 is 2.22 bits per heavy atom. The molecule has 0 fully saturated rings. The summed E-state index contributed by atoms with van der Waals surface area (Å²) in [4.78, 5) is 12.1. The number of furan rings is 1. The zero-order valence-corrected chi connectivity index (χ0v) is 13.4. The SMILES string of the molecule is CCc1oc2ccccc2c1/C=C(\C#N)C(=O)NCCCOC. The number of fused-ring (bicyclic) bond motifs is 1. The number of ether oxygens (including phenoxy) is 1. The number of carbonyl (C=O) groups excluding carboxylic acids is 1. The number of rotatable bonds is 7. The van der Waals surface area contributed by atoms with Crippen molar-refractivity contribution >= 4 is 23.0 Å². The lowest BCUT2D eigenvalue weighted by Gasteiger charge is -2.03. The highest BCUT2D eigenvalue weighted by Crippen LogP contribution is 2.28. The van der Waals surface area contributed by atoms with Gasteiger partial charge in [-0.1, -0.05) is 25.1 Å². The number of benzene rings is 1. The number of hydrogen-bond donors (Lipinski definition) is 1. The van der Waals surface area contributed by atoms with Gasteiger partial charge < -0.3 is 14.5 Å². The summed E-state index contributed by atoms with van der Waals surface area (Å²) in [5.74, 6) is 0.391. The number of aryl methyl sites for hydroxylation is 1. The average molecular weight is 312 g/mol.